The number of hydrogen-bond acceptors (Lipinski definition) is 4. The molecular formula is C17H20N4O2. The summed E-state index contributed by atoms with van der Waals surface area (Å²) in [4.78, 5) is 14.5. The summed E-state index contributed by atoms with van der Waals surface area (Å²) >= 11 is 0. The lowest BCUT2D eigenvalue weighted by molar-refractivity contribution is 0.134. The SMILES string of the molecule is O=C(NC1CC1c1ccccc1)N1CCCCC1c1cnno1. The highest BCUT2D eigenvalue weighted by Gasteiger charge is 2.41. The van der Waals surface area contributed by atoms with Crippen LogP contribution in [0.5, 0.6) is 0 Å². The zero-order chi connectivity index (χ0) is 15.6. The van der Waals surface area contributed by atoms with Gasteiger partial charge in [0.25, 0.3) is 0 Å². The van der Waals surface area contributed by atoms with Gasteiger partial charge in [0.15, 0.2) is 5.76 Å². The summed E-state index contributed by atoms with van der Waals surface area (Å²) < 4.78 is 5.18. The van der Waals surface area contributed by atoms with Crippen LogP contribution in [0.25, 0.3) is 0 Å². The molecule has 120 valence electrons. The minimum atomic E-state index is -0.0484. The summed E-state index contributed by atoms with van der Waals surface area (Å²) in [5.41, 5.74) is 1.30. The summed E-state index contributed by atoms with van der Waals surface area (Å²) in [6.45, 7) is 0.750. The van der Waals surface area contributed by atoms with E-state index < -0.39 is 0 Å². The summed E-state index contributed by atoms with van der Waals surface area (Å²) in [6.07, 6.45) is 5.64. The molecule has 0 bridgehead atoms. The number of carbonyl (C=O) groups is 1. The van der Waals surface area contributed by atoms with Gasteiger partial charge in [-0.05, 0) is 31.2 Å². The Bertz CT molecular complexity index is 658. The number of urea groups is 1. The van der Waals surface area contributed by atoms with Crippen LogP contribution in [0, 0.1) is 0 Å². The highest BCUT2D eigenvalue weighted by atomic mass is 16.5. The number of nitrogens with zero attached hydrogens (tertiary/aromatic N) is 3. The Balaban J connectivity index is 1.40. The van der Waals surface area contributed by atoms with Gasteiger partial charge in [0.1, 0.15) is 0 Å². The molecule has 1 aliphatic carbocycles. The second-order valence-electron chi connectivity index (χ2n) is 6.33. The van der Waals surface area contributed by atoms with Crippen molar-refractivity contribution in [2.75, 3.05) is 6.54 Å². The standard InChI is InChI=1S/C17H20N4O2/c22-17(19-14-10-13(14)12-6-2-1-3-7-12)21-9-5-4-8-15(21)16-11-18-20-23-16/h1-3,6-7,11,13-15H,4-5,8-10H2,(H,19,22). The quantitative estimate of drug-likeness (QED) is 0.946. The molecule has 3 unspecified atom stereocenters. The van der Waals surface area contributed by atoms with Gasteiger partial charge >= 0.3 is 6.03 Å². The van der Waals surface area contributed by atoms with E-state index in [9.17, 15) is 4.79 Å². The molecule has 1 aromatic heterocycles. The molecule has 2 heterocycles. The Morgan fingerprint density at radius 3 is 2.91 bits per heavy atom. The smallest absolute Gasteiger partial charge is 0.318 e. The highest BCUT2D eigenvalue weighted by Crippen LogP contribution is 2.41. The van der Waals surface area contributed by atoms with E-state index in [1.54, 1.807) is 6.20 Å². The van der Waals surface area contributed by atoms with E-state index in [1.165, 1.54) is 5.56 Å². The summed E-state index contributed by atoms with van der Waals surface area (Å²) in [5, 5.41) is 10.4. The van der Waals surface area contributed by atoms with E-state index in [0.29, 0.717) is 11.7 Å². The molecule has 1 saturated carbocycles. The molecule has 2 aliphatic rings. The fourth-order valence-electron chi connectivity index (χ4n) is 3.46. The molecule has 4 rings (SSSR count). The molecule has 0 radical (unpaired) electrons. The molecule has 1 aromatic carbocycles. The van der Waals surface area contributed by atoms with Gasteiger partial charge in [0, 0.05) is 23.8 Å². The molecule has 2 amide bonds. The van der Waals surface area contributed by atoms with Crippen LogP contribution >= 0.6 is 0 Å². The number of benzene rings is 1. The van der Waals surface area contributed by atoms with Crippen molar-refractivity contribution < 1.29 is 9.32 Å². The topological polar surface area (TPSA) is 71.3 Å². The Labute approximate surface area is 134 Å². The lowest BCUT2D eigenvalue weighted by Gasteiger charge is -2.33. The fraction of sp³-hybridized carbons (Fsp3) is 0.471. The largest absolute Gasteiger partial charge is 0.340 e. The first kappa shape index (κ1) is 14.2. The van der Waals surface area contributed by atoms with Crippen LogP contribution in [-0.2, 0) is 0 Å². The zero-order valence-electron chi connectivity index (χ0n) is 12.9. The second kappa shape index (κ2) is 6.02. The average molecular weight is 312 g/mol. The Kier molecular flexibility index (Phi) is 3.73. The maximum atomic E-state index is 12.7. The van der Waals surface area contributed by atoms with Gasteiger partial charge in [0.2, 0.25) is 0 Å². The molecule has 2 fully saturated rings. The summed E-state index contributed by atoms with van der Waals surface area (Å²) in [6, 6.07) is 10.5. The minimum absolute atomic E-state index is 0.00506. The predicted octanol–water partition coefficient (Wildman–Crippen LogP) is 2.86. The Morgan fingerprint density at radius 2 is 2.13 bits per heavy atom. The average Bonchev–Trinajstić information content (AvgIpc) is 3.15. The zero-order valence-corrected chi connectivity index (χ0v) is 12.9. The molecule has 3 atom stereocenters. The summed E-state index contributed by atoms with van der Waals surface area (Å²) in [7, 11) is 0. The summed E-state index contributed by atoms with van der Waals surface area (Å²) in [5.74, 6) is 1.12. The number of aromatic nitrogens is 2. The normalized spacial score (nSPS) is 26.8. The van der Waals surface area contributed by atoms with Gasteiger partial charge < -0.3 is 14.7 Å². The number of carbonyl (C=O) groups excluding carboxylic acids is 1. The number of amides is 2. The third-order valence-corrected chi connectivity index (χ3v) is 4.80. The number of hydrogen-bond donors (Lipinski definition) is 1. The van der Waals surface area contributed by atoms with E-state index in [0.717, 1.165) is 32.2 Å². The second-order valence-corrected chi connectivity index (χ2v) is 6.33. The number of rotatable bonds is 3. The maximum absolute atomic E-state index is 12.7. The molecule has 1 aliphatic heterocycles. The van der Waals surface area contributed by atoms with Crippen LogP contribution in [0.1, 0.15) is 49.0 Å². The van der Waals surface area contributed by atoms with Crippen LogP contribution < -0.4 is 5.32 Å². The van der Waals surface area contributed by atoms with Crippen LogP contribution in [0.4, 0.5) is 4.79 Å². The first-order valence-electron chi connectivity index (χ1n) is 8.22. The van der Waals surface area contributed by atoms with Gasteiger partial charge in [-0.2, -0.15) is 0 Å². The molecule has 6 nitrogen and oxygen atoms in total. The van der Waals surface area contributed by atoms with E-state index in [2.05, 4.69) is 27.8 Å². The number of piperidine rings is 1. The van der Waals surface area contributed by atoms with Gasteiger partial charge in [0.05, 0.1) is 12.2 Å². The lowest BCUT2D eigenvalue weighted by Crippen LogP contribution is -2.45. The number of nitrogens with one attached hydrogen (secondary N) is 1. The molecule has 1 N–H and O–H groups in total. The van der Waals surface area contributed by atoms with Gasteiger partial charge in [-0.1, -0.05) is 30.3 Å². The highest BCUT2D eigenvalue weighted by molar-refractivity contribution is 5.75. The van der Waals surface area contributed by atoms with Crippen LogP contribution in [0.15, 0.2) is 41.1 Å². The molecule has 2 aromatic rings. The molecular weight excluding hydrogens is 292 g/mol. The van der Waals surface area contributed by atoms with Gasteiger partial charge in [-0.25, -0.2) is 4.79 Å². The lowest BCUT2D eigenvalue weighted by atomic mass is 10.0. The first-order valence-corrected chi connectivity index (χ1v) is 8.22. The van der Waals surface area contributed by atoms with E-state index >= 15 is 0 Å². The molecule has 6 heteroatoms. The predicted molar refractivity (Wildman–Crippen MR) is 83.7 cm³/mol. The Morgan fingerprint density at radius 1 is 1.26 bits per heavy atom. The third-order valence-electron chi connectivity index (χ3n) is 4.80. The van der Waals surface area contributed by atoms with Gasteiger partial charge in [-0.15, -0.1) is 5.10 Å². The van der Waals surface area contributed by atoms with E-state index in [4.69, 9.17) is 4.52 Å². The van der Waals surface area contributed by atoms with Crippen LogP contribution in [-0.4, -0.2) is 33.9 Å². The van der Waals surface area contributed by atoms with E-state index in [1.807, 2.05) is 23.1 Å². The fourth-order valence-corrected chi connectivity index (χ4v) is 3.46. The van der Waals surface area contributed by atoms with Crippen molar-refractivity contribution in [3.8, 4) is 0 Å². The Hall–Kier alpha value is -2.37. The first-order chi connectivity index (χ1) is 11.3. The third kappa shape index (κ3) is 2.93. The maximum Gasteiger partial charge on any atom is 0.318 e. The van der Waals surface area contributed by atoms with Crippen molar-refractivity contribution >= 4 is 6.03 Å². The molecule has 1 saturated heterocycles. The number of likely N-dealkylation sites (tertiary alicyclic amines) is 1. The van der Waals surface area contributed by atoms with Crippen molar-refractivity contribution in [1.82, 2.24) is 20.6 Å². The van der Waals surface area contributed by atoms with Crippen molar-refractivity contribution in [1.29, 1.82) is 0 Å². The monoisotopic (exact) mass is 312 g/mol. The van der Waals surface area contributed by atoms with Gasteiger partial charge in [-0.3, -0.25) is 0 Å². The van der Waals surface area contributed by atoms with Crippen LogP contribution in [0.2, 0.25) is 0 Å². The van der Waals surface area contributed by atoms with E-state index in [-0.39, 0.29) is 18.1 Å². The van der Waals surface area contributed by atoms with Crippen molar-refractivity contribution in [3.63, 3.8) is 0 Å². The minimum Gasteiger partial charge on any atom is -0.340 e. The molecule has 0 spiro atoms. The van der Waals surface area contributed by atoms with Crippen LogP contribution in [0.3, 0.4) is 0 Å². The van der Waals surface area contributed by atoms with Crippen molar-refractivity contribution in [3.05, 3.63) is 47.9 Å². The molecule has 23 heavy (non-hydrogen) atoms. The van der Waals surface area contributed by atoms with Crippen molar-refractivity contribution in [2.24, 2.45) is 0 Å². The van der Waals surface area contributed by atoms with Crippen molar-refractivity contribution in [2.45, 2.75) is 43.7 Å².